The first kappa shape index (κ1) is 14.4. The second kappa shape index (κ2) is 4.89. The van der Waals surface area contributed by atoms with E-state index in [0.717, 1.165) is 4.57 Å². The molecule has 1 aromatic carbocycles. The zero-order valence-corrected chi connectivity index (χ0v) is 13.3. The normalized spacial score (nSPS) is 13.7. The predicted octanol–water partition coefficient (Wildman–Crippen LogP) is 2.47. The van der Waals surface area contributed by atoms with Crippen LogP contribution in [0.5, 0.6) is 0 Å². The number of imidazole rings is 1. The molecule has 0 bridgehead atoms. The molecule has 2 aromatic heterocycles. The van der Waals surface area contributed by atoms with Crippen molar-refractivity contribution in [2.45, 2.75) is 19.4 Å². The second-order valence-electron chi connectivity index (χ2n) is 5.41. The summed E-state index contributed by atoms with van der Waals surface area (Å²) in [6.07, 6.45) is 1.27. The molecule has 23 heavy (non-hydrogen) atoms. The molecule has 0 fully saturated rings. The standard InChI is InChI=1S/C15H10BrF2N3O2/c16-7-3-4-9(8(17)6-7)21-13-11(18)14(22)20-5-1-2-10(20)12(13)19-15(21)23/h3-4,6H,1-2,5H2,(H,19,23). The zero-order valence-electron chi connectivity index (χ0n) is 11.7. The molecule has 1 N–H and O–H groups in total. The van der Waals surface area contributed by atoms with Crippen LogP contribution in [0, 0.1) is 11.6 Å². The topological polar surface area (TPSA) is 59.8 Å². The van der Waals surface area contributed by atoms with E-state index >= 15 is 0 Å². The van der Waals surface area contributed by atoms with Crippen molar-refractivity contribution >= 4 is 27.0 Å². The molecule has 0 amide bonds. The van der Waals surface area contributed by atoms with Crippen LogP contribution in [0.2, 0.25) is 0 Å². The molecule has 8 heteroatoms. The quantitative estimate of drug-likeness (QED) is 0.703. The van der Waals surface area contributed by atoms with Gasteiger partial charge in [-0.25, -0.2) is 9.18 Å². The molecule has 0 saturated heterocycles. The van der Waals surface area contributed by atoms with Gasteiger partial charge in [-0.3, -0.25) is 9.36 Å². The van der Waals surface area contributed by atoms with E-state index in [2.05, 4.69) is 20.9 Å². The molecule has 0 atom stereocenters. The third-order valence-corrected chi connectivity index (χ3v) is 4.59. The van der Waals surface area contributed by atoms with Crippen molar-refractivity contribution in [3.8, 4) is 5.69 Å². The number of nitrogens with one attached hydrogen (secondary N) is 1. The molecule has 0 radical (unpaired) electrons. The lowest BCUT2D eigenvalue weighted by Crippen LogP contribution is -2.24. The van der Waals surface area contributed by atoms with Crippen LogP contribution in [0.3, 0.4) is 0 Å². The number of hydrogen-bond acceptors (Lipinski definition) is 2. The fourth-order valence-electron chi connectivity index (χ4n) is 3.12. The summed E-state index contributed by atoms with van der Waals surface area (Å²) in [5.74, 6) is -1.74. The molecule has 118 valence electrons. The van der Waals surface area contributed by atoms with E-state index in [9.17, 15) is 18.4 Å². The summed E-state index contributed by atoms with van der Waals surface area (Å²) >= 11 is 3.13. The average Bonchev–Trinajstić information content (AvgIpc) is 3.10. The van der Waals surface area contributed by atoms with Gasteiger partial charge in [0.15, 0.2) is 0 Å². The molecule has 4 rings (SSSR count). The summed E-state index contributed by atoms with van der Waals surface area (Å²) in [5.41, 5.74) is -0.928. The van der Waals surface area contributed by atoms with Crippen molar-refractivity contribution in [1.29, 1.82) is 0 Å². The van der Waals surface area contributed by atoms with Crippen LogP contribution in [0.15, 0.2) is 32.3 Å². The van der Waals surface area contributed by atoms with Crippen molar-refractivity contribution in [1.82, 2.24) is 14.1 Å². The Balaban J connectivity index is 2.17. The summed E-state index contributed by atoms with van der Waals surface area (Å²) in [4.78, 5) is 27.0. The predicted molar refractivity (Wildman–Crippen MR) is 84.1 cm³/mol. The minimum absolute atomic E-state index is 0.106. The number of nitrogens with zero attached hydrogens (tertiary/aromatic N) is 2. The molecule has 0 saturated carbocycles. The van der Waals surface area contributed by atoms with E-state index < -0.39 is 22.9 Å². The fraction of sp³-hybridized carbons (Fsp3) is 0.200. The van der Waals surface area contributed by atoms with Crippen LogP contribution in [-0.4, -0.2) is 14.1 Å². The maximum atomic E-state index is 14.6. The Hall–Kier alpha value is -2.22. The molecular formula is C15H10BrF2N3O2. The monoisotopic (exact) mass is 381 g/mol. The number of aromatic nitrogens is 3. The highest BCUT2D eigenvalue weighted by atomic mass is 79.9. The number of hydrogen-bond donors (Lipinski definition) is 1. The van der Waals surface area contributed by atoms with Crippen LogP contribution in [0.25, 0.3) is 16.7 Å². The second-order valence-corrected chi connectivity index (χ2v) is 6.32. The third-order valence-electron chi connectivity index (χ3n) is 4.10. The molecule has 0 spiro atoms. The molecule has 1 aliphatic heterocycles. The fourth-order valence-corrected chi connectivity index (χ4v) is 3.46. The van der Waals surface area contributed by atoms with Gasteiger partial charge < -0.3 is 9.55 Å². The SMILES string of the molecule is O=c1c(F)c2c([nH]c(=O)n2-c2ccc(Br)cc2F)c2n1CCC2. The van der Waals surface area contributed by atoms with Crippen LogP contribution in [-0.2, 0) is 13.0 Å². The van der Waals surface area contributed by atoms with Gasteiger partial charge in [0, 0.05) is 16.7 Å². The van der Waals surface area contributed by atoms with Crippen molar-refractivity contribution in [2.75, 3.05) is 0 Å². The molecular weight excluding hydrogens is 372 g/mol. The molecule has 3 heterocycles. The number of H-pyrrole nitrogens is 1. The maximum absolute atomic E-state index is 14.6. The van der Waals surface area contributed by atoms with Crippen LogP contribution >= 0.6 is 15.9 Å². The summed E-state index contributed by atoms with van der Waals surface area (Å²) in [5, 5.41) is 0. The van der Waals surface area contributed by atoms with Gasteiger partial charge in [0.2, 0.25) is 5.82 Å². The number of halogens is 3. The Morgan fingerprint density at radius 1 is 1.22 bits per heavy atom. The van der Waals surface area contributed by atoms with Crippen molar-refractivity contribution in [3.63, 3.8) is 0 Å². The van der Waals surface area contributed by atoms with E-state index in [1.54, 1.807) is 6.07 Å². The van der Waals surface area contributed by atoms with Crippen LogP contribution in [0.4, 0.5) is 8.78 Å². The number of fused-ring (bicyclic) bond motifs is 3. The highest BCUT2D eigenvalue weighted by Gasteiger charge is 2.26. The van der Waals surface area contributed by atoms with Gasteiger partial charge in [-0.05, 0) is 31.0 Å². The molecule has 5 nitrogen and oxygen atoms in total. The van der Waals surface area contributed by atoms with Crippen LogP contribution in [0.1, 0.15) is 12.1 Å². The van der Waals surface area contributed by atoms with Crippen molar-refractivity contribution in [2.24, 2.45) is 0 Å². The average molecular weight is 382 g/mol. The lowest BCUT2D eigenvalue weighted by Gasteiger charge is -2.08. The lowest BCUT2D eigenvalue weighted by atomic mass is 10.2. The molecule has 0 unspecified atom stereocenters. The van der Waals surface area contributed by atoms with Gasteiger partial charge in [0.05, 0.1) is 11.2 Å². The van der Waals surface area contributed by atoms with Crippen molar-refractivity contribution in [3.05, 3.63) is 60.8 Å². The third kappa shape index (κ3) is 1.94. The van der Waals surface area contributed by atoms with Gasteiger partial charge in [-0.1, -0.05) is 15.9 Å². The zero-order chi connectivity index (χ0) is 16.3. The van der Waals surface area contributed by atoms with Gasteiger partial charge in [-0.2, -0.15) is 4.39 Å². The minimum Gasteiger partial charge on any atom is -0.308 e. The molecule has 3 aromatic rings. The summed E-state index contributed by atoms with van der Waals surface area (Å²) < 4.78 is 31.5. The highest BCUT2D eigenvalue weighted by molar-refractivity contribution is 9.10. The first-order valence-corrected chi connectivity index (χ1v) is 7.79. The first-order chi connectivity index (χ1) is 11.0. The summed E-state index contributed by atoms with van der Waals surface area (Å²) in [7, 11) is 0. The lowest BCUT2D eigenvalue weighted by molar-refractivity contribution is 0.583. The Bertz CT molecular complexity index is 1080. The number of rotatable bonds is 1. The first-order valence-electron chi connectivity index (χ1n) is 7.00. The number of aryl methyl sites for hydroxylation is 1. The van der Waals surface area contributed by atoms with E-state index in [0.29, 0.717) is 29.6 Å². The number of aromatic amines is 1. The number of benzene rings is 1. The van der Waals surface area contributed by atoms with Crippen LogP contribution < -0.4 is 11.2 Å². The molecule has 0 aliphatic carbocycles. The van der Waals surface area contributed by atoms with E-state index in [-0.39, 0.29) is 16.7 Å². The van der Waals surface area contributed by atoms with Gasteiger partial charge >= 0.3 is 5.69 Å². The van der Waals surface area contributed by atoms with E-state index in [4.69, 9.17) is 0 Å². The maximum Gasteiger partial charge on any atom is 0.331 e. The van der Waals surface area contributed by atoms with Gasteiger partial charge in [-0.15, -0.1) is 0 Å². The molecule has 1 aliphatic rings. The van der Waals surface area contributed by atoms with E-state index in [1.165, 1.54) is 16.7 Å². The smallest absolute Gasteiger partial charge is 0.308 e. The Morgan fingerprint density at radius 3 is 2.74 bits per heavy atom. The largest absolute Gasteiger partial charge is 0.331 e. The van der Waals surface area contributed by atoms with Gasteiger partial charge in [0.1, 0.15) is 11.3 Å². The van der Waals surface area contributed by atoms with E-state index in [1.807, 2.05) is 0 Å². The number of pyridine rings is 1. The minimum atomic E-state index is -1.05. The highest BCUT2D eigenvalue weighted by Crippen LogP contribution is 2.26. The summed E-state index contributed by atoms with van der Waals surface area (Å²) in [6, 6.07) is 4.08. The Kier molecular flexibility index (Phi) is 3.06. The van der Waals surface area contributed by atoms with Gasteiger partial charge in [0.25, 0.3) is 5.56 Å². The van der Waals surface area contributed by atoms with Crippen molar-refractivity contribution < 1.29 is 8.78 Å². The summed E-state index contributed by atoms with van der Waals surface area (Å²) in [6.45, 7) is 0.418. The Labute approximate surface area is 136 Å². The Morgan fingerprint density at radius 2 is 2.00 bits per heavy atom.